The van der Waals surface area contributed by atoms with E-state index in [9.17, 15) is 8.42 Å². The Morgan fingerprint density at radius 1 is 1.42 bits per heavy atom. The van der Waals surface area contributed by atoms with E-state index in [1.165, 1.54) is 0 Å². The summed E-state index contributed by atoms with van der Waals surface area (Å²) in [4.78, 5) is 0. The van der Waals surface area contributed by atoms with E-state index in [2.05, 4.69) is 0 Å². The van der Waals surface area contributed by atoms with Crippen molar-refractivity contribution in [2.45, 2.75) is 32.2 Å². The lowest BCUT2D eigenvalue weighted by atomic mass is 10.1. The van der Waals surface area contributed by atoms with Crippen LogP contribution in [0.15, 0.2) is 0 Å². The topological polar surface area (TPSA) is 60.2 Å². The molecule has 1 rings (SSSR count). The first-order valence-corrected chi connectivity index (χ1v) is 6.10. The smallest absolute Gasteiger partial charge is 0.152 e. The van der Waals surface area contributed by atoms with Crippen molar-refractivity contribution in [1.29, 1.82) is 0 Å². The molecule has 72 valence electrons. The van der Waals surface area contributed by atoms with Crippen molar-refractivity contribution in [2.24, 2.45) is 11.7 Å². The molecule has 0 spiro atoms. The molecule has 1 saturated carbocycles. The van der Waals surface area contributed by atoms with Crippen LogP contribution >= 0.6 is 0 Å². The summed E-state index contributed by atoms with van der Waals surface area (Å²) < 4.78 is 22.8. The highest BCUT2D eigenvalue weighted by Gasteiger charge is 2.30. The molecular formula is C8H17NO2S. The van der Waals surface area contributed by atoms with Crippen molar-refractivity contribution in [3.63, 3.8) is 0 Å². The van der Waals surface area contributed by atoms with E-state index >= 15 is 0 Å². The number of hydrogen-bond donors (Lipinski definition) is 1. The zero-order chi connectivity index (χ0) is 9.41. The van der Waals surface area contributed by atoms with Crippen LogP contribution in [0.2, 0.25) is 0 Å². The van der Waals surface area contributed by atoms with E-state index in [0.29, 0.717) is 11.7 Å². The summed E-state index contributed by atoms with van der Waals surface area (Å²) in [7, 11) is -2.90. The molecule has 0 aromatic rings. The zero-order valence-electron chi connectivity index (χ0n) is 7.71. The van der Waals surface area contributed by atoms with Crippen molar-refractivity contribution in [1.82, 2.24) is 0 Å². The van der Waals surface area contributed by atoms with E-state index < -0.39 is 15.4 Å². The lowest BCUT2D eigenvalue weighted by Gasteiger charge is -2.17. The van der Waals surface area contributed by atoms with Crippen LogP contribution in [-0.4, -0.2) is 25.5 Å². The maximum atomic E-state index is 11.4. The molecule has 0 atom stereocenters. The van der Waals surface area contributed by atoms with Gasteiger partial charge in [0.25, 0.3) is 0 Å². The Hall–Kier alpha value is -0.0900. The van der Waals surface area contributed by atoms with Gasteiger partial charge in [0.2, 0.25) is 0 Å². The van der Waals surface area contributed by atoms with Gasteiger partial charge in [-0.25, -0.2) is 8.42 Å². The fourth-order valence-electron chi connectivity index (χ4n) is 1.27. The number of hydrogen-bond acceptors (Lipinski definition) is 3. The van der Waals surface area contributed by atoms with Gasteiger partial charge in [0.15, 0.2) is 9.84 Å². The molecule has 1 aliphatic carbocycles. The minimum absolute atomic E-state index is 0.108. The van der Waals surface area contributed by atoms with Crippen LogP contribution in [0, 0.1) is 5.92 Å². The number of sulfone groups is 1. The quantitative estimate of drug-likeness (QED) is 0.706. The average molecular weight is 191 g/mol. The van der Waals surface area contributed by atoms with Crippen molar-refractivity contribution >= 4 is 9.84 Å². The highest BCUT2D eigenvalue weighted by molar-refractivity contribution is 7.91. The van der Waals surface area contributed by atoms with Gasteiger partial charge in [0, 0.05) is 5.54 Å². The molecule has 0 aliphatic heterocycles. The third kappa shape index (κ3) is 4.07. The summed E-state index contributed by atoms with van der Waals surface area (Å²) in [5.74, 6) is 0.877. The summed E-state index contributed by atoms with van der Waals surface area (Å²) in [5, 5.41) is 0. The molecule has 0 unspecified atom stereocenters. The summed E-state index contributed by atoms with van der Waals surface area (Å²) in [5.41, 5.74) is 5.05. The molecule has 1 fully saturated rings. The van der Waals surface area contributed by atoms with Crippen LogP contribution in [0.25, 0.3) is 0 Å². The minimum atomic E-state index is -2.90. The normalized spacial score (nSPS) is 19.6. The predicted octanol–water partition coefficient (Wildman–Crippen LogP) is 0.548. The van der Waals surface area contributed by atoms with Gasteiger partial charge in [-0.2, -0.15) is 0 Å². The lowest BCUT2D eigenvalue weighted by Crippen LogP contribution is -2.40. The molecule has 12 heavy (non-hydrogen) atoms. The van der Waals surface area contributed by atoms with Gasteiger partial charge in [-0.05, 0) is 32.6 Å². The van der Waals surface area contributed by atoms with Crippen molar-refractivity contribution in [3.05, 3.63) is 0 Å². The Bertz CT molecular complexity index is 247. The number of rotatable bonds is 4. The predicted molar refractivity (Wildman–Crippen MR) is 49.6 cm³/mol. The zero-order valence-corrected chi connectivity index (χ0v) is 8.52. The Labute approximate surface area is 74.3 Å². The Morgan fingerprint density at radius 2 is 1.92 bits per heavy atom. The molecule has 0 bridgehead atoms. The molecule has 0 aromatic heterocycles. The van der Waals surface area contributed by atoms with Gasteiger partial charge >= 0.3 is 0 Å². The van der Waals surface area contributed by atoms with Gasteiger partial charge < -0.3 is 5.73 Å². The van der Waals surface area contributed by atoms with Crippen LogP contribution < -0.4 is 5.73 Å². The highest BCUT2D eigenvalue weighted by Crippen LogP contribution is 2.30. The maximum Gasteiger partial charge on any atom is 0.152 e. The first-order chi connectivity index (χ1) is 5.29. The average Bonchev–Trinajstić information content (AvgIpc) is 2.39. The van der Waals surface area contributed by atoms with Crippen LogP contribution in [0.4, 0.5) is 0 Å². The fourth-order valence-corrected chi connectivity index (χ4v) is 3.57. The molecule has 2 N–H and O–H groups in total. The molecule has 0 amide bonds. The molecular weight excluding hydrogens is 174 g/mol. The highest BCUT2D eigenvalue weighted by atomic mass is 32.2. The Kier molecular flexibility index (Phi) is 2.50. The Morgan fingerprint density at radius 3 is 2.25 bits per heavy atom. The van der Waals surface area contributed by atoms with Gasteiger partial charge in [-0.3, -0.25) is 0 Å². The largest absolute Gasteiger partial charge is 0.325 e. The van der Waals surface area contributed by atoms with Gasteiger partial charge in [-0.1, -0.05) is 0 Å². The second kappa shape index (κ2) is 3.00. The van der Waals surface area contributed by atoms with Crippen LogP contribution in [0.5, 0.6) is 0 Å². The molecule has 3 nitrogen and oxygen atoms in total. The van der Waals surface area contributed by atoms with Crippen molar-refractivity contribution < 1.29 is 8.42 Å². The maximum absolute atomic E-state index is 11.4. The summed E-state index contributed by atoms with van der Waals surface area (Å²) in [6.45, 7) is 3.49. The standard InChI is InChI=1S/C8H17NO2S/c1-8(2,9)6-12(10,11)5-7-3-4-7/h7H,3-6,9H2,1-2H3. The number of nitrogens with two attached hydrogens (primary N) is 1. The van der Waals surface area contributed by atoms with E-state index in [-0.39, 0.29) is 5.75 Å². The van der Waals surface area contributed by atoms with E-state index in [4.69, 9.17) is 5.73 Å². The SMILES string of the molecule is CC(C)(N)CS(=O)(=O)CC1CC1. The minimum Gasteiger partial charge on any atom is -0.325 e. The van der Waals surface area contributed by atoms with Crippen molar-refractivity contribution in [2.75, 3.05) is 11.5 Å². The molecule has 0 aromatic carbocycles. The monoisotopic (exact) mass is 191 g/mol. The summed E-state index contributed by atoms with van der Waals surface area (Å²) in [6, 6.07) is 0. The second-order valence-corrected chi connectivity index (χ2v) is 6.60. The lowest BCUT2D eigenvalue weighted by molar-refractivity contribution is 0.542. The Balaban J connectivity index is 2.47. The van der Waals surface area contributed by atoms with Crippen LogP contribution in [-0.2, 0) is 9.84 Å². The van der Waals surface area contributed by atoms with E-state index in [0.717, 1.165) is 12.8 Å². The van der Waals surface area contributed by atoms with Crippen LogP contribution in [0.3, 0.4) is 0 Å². The third-order valence-corrected chi connectivity index (χ3v) is 3.94. The van der Waals surface area contributed by atoms with E-state index in [1.807, 2.05) is 0 Å². The summed E-state index contributed by atoms with van der Waals surface area (Å²) in [6.07, 6.45) is 2.15. The molecule has 4 heteroatoms. The van der Waals surface area contributed by atoms with Gasteiger partial charge in [0.1, 0.15) is 0 Å². The van der Waals surface area contributed by atoms with Crippen molar-refractivity contribution in [3.8, 4) is 0 Å². The molecule has 1 aliphatic rings. The first-order valence-electron chi connectivity index (χ1n) is 4.28. The molecule has 0 heterocycles. The molecule has 0 saturated heterocycles. The van der Waals surface area contributed by atoms with E-state index in [1.54, 1.807) is 13.8 Å². The molecule has 0 radical (unpaired) electrons. The third-order valence-electron chi connectivity index (χ3n) is 1.78. The summed E-state index contributed by atoms with van der Waals surface area (Å²) >= 11 is 0. The fraction of sp³-hybridized carbons (Fsp3) is 1.00. The second-order valence-electron chi connectivity index (χ2n) is 4.49. The van der Waals surface area contributed by atoms with Gasteiger partial charge in [0.05, 0.1) is 11.5 Å². The van der Waals surface area contributed by atoms with Crippen LogP contribution in [0.1, 0.15) is 26.7 Å². The van der Waals surface area contributed by atoms with Gasteiger partial charge in [-0.15, -0.1) is 0 Å². The first kappa shape index (κ1) is 9.99.